The molecule has 0 aliphatic rings. The van der Waals surface area contributed by atoms with Crippen LogP contribution in [-0.4, -0.2) is 11.4 Å². The molecule has 0 saturated heterocycles. The van der Waals surface area contributed by atoms with E-state index in [0.717, 1.165) is 5.69 Å². The molecule has 4 heteroatoms. The Bertz CT molecular complexity index is 551. The number of azo groups is 1. The first-order valence-electron chi connectivity index (χ1n) is 5.04. The monoisotopic (exact) mass is 226 g/mol. The van der Waals surface area contributed by atoms with Crippen molar-refractivity contribution in [3.05, 3.63) is 54.1 Å². The summed E-state index contributed by atoms with van der Waals surface area (Å²) in [6.07, 6.45) is 0.591. The minimum Gasteiger partial charge on any atom is -0.507 e. The average Bonchev–Trinajstić information content (AvgIpc) is 2.38. The molecule has 0 unspecified atom stereocenters. The van der Waals surface area contributed by atoms with Gasteiger partial charge in [0.25, 0.3) is 0 Å². The molecule has 0 aliphatic carbocycles. The quantitative estimate of drug-likeness (QED) is 0.641. The Morgan fingerprint density at radius 1 is 0.941 bits per heavy atom. The molecule has 0 fully saturated rings. The number of rotatable bonds is 3. The van der Waals surface area contributed by atoms with Crippen LogP contribution in [0.5, 0.6) is 5.75 Å². The van der Waals surface area contributed by atoms with Gasteiger partial charge < -0.3 is 5.11 Å². The van der Waals surface area contributed by atoms with E-state index in [4.69, 9.17) is 0 Å². The first kappa shape index (κ1) is 11.0. The molecule has 0 atom stereocenters. The van der Waals surface area contributed by atoms with Gasteiger partial charge in [-0.1, -0.05) is 18.2 Å². The summed E-state index contributed by atoms with van der Waals surface area (Å²) < 4.78 is 0. The van der Waals surface area contributed by atoms with E-state index >= 15 is 0 Å². The number of hydrogen-bond donors (Lipinski definition) is 1. The second-order valence-corrected chi connectivity index (χ2v) is 3.40. The van der Waals surface area contributed by atoms with Gasteiger partial charge in [0.2, 0.25) is 0 Å². The number of aldehydes is 1. The van der Waals surface area contributed by atoms with Gasteiger partial charge in [-0.2, -0.15) is 10.2 Å². The van der Waals surface area contributed by atoms with Gasteiger partial charge >= 0.3 is 0 Å². The van der Waals surface area contributed by atoms with Crippen LogP contribution >= 0.6 is 0 Å². The van der Waals surface area contributed by atoms with Crippen LogP contribution in [0.25, 0.3) is 0 Å². The lowest BCUT2D eigenvalue weighted by molar-refractivity contribution is 0.112. The number of carbonyl (C=O) groups is 1. The van der Waals surface area contributed by atoms with Crippen molar-refractivity contribution >= 4 is 17.7 Å². The van der Waals surface area contributed by atoms with Crippen LogP contribution in [0.1, 0.15) is 10.4 Å². The molecule has 4 nitrogen and oxygen atoms in total. The van der Waals surface area contributed by atoms with Crippen LogP contribution in [-0.2, 0) is 0 Å². The second kappa shape index (κ2) is 5.03. The summed E-state index contributed by atoms with van der Waals surface area (Å²) in [7, 11) is 0. The third-order valence-electron chi connectivity index (χ3n) is 2.18. The van der Waals surface area contributed by atoms with Crippen molar-refractivity contribution in [2.24, 2.45) is 10.2 Å². The van der Waals surface area contributed by atoms with Gasteiger partial charge in [0.05, 0.1) is 16.9 Å². The molecule has 1 N–H and O–H groups in total. The SMILES string of the molecule is O=Cc1ccc(N=Nc2ccccc2)cc1O. The Morgan fingerprint density at radius 2 is 1.65 bits per heavy atom. The number of benzene rings is 2. The highest BCUT2D eigenvalue weighted by molar-refractivity contribution is 5.80. The third kappa shape index (κ3) is 2.75. The van der Waals surface area contributed by atoms with Crippen molar-refractivity contribution < 1.29 is 9.90 Å². The van der Waals surface area contributed by atoms with E-state index in [2.05, 4.69) is 10.2 Å². The summed E-state index contributed by atoms with van der Waals surface area (Å²) >= 11 is 0. The minimum atomic E-state index is -0.0930. The molecule has 2 rings (SSSR count). The summed E-state index contributed by atoms with van der Waals surface area (Å²) in [4.78, 5) is 10.5. The van der Waals surface area contributed by atoms with E-state index in [1.807, 2.05) is 30.3 Å². The van der Waals surface area contributed by atoms with Crippen LogP contribution in [0.3, 0.4) is 0 Å². The fourth-order valence-corrected chi connectivity index (χ4v) is 1.30. The van der Waals surface area contributed by atoms with Crippen LogP contribution in [0.4, 0.5) is 11.4 Å². The van der Waals surface area contributed by atoms with E-state index in [1.54, 1.807) is 6.07 Å². The van der Waals surface area contributed by atoms with Gasteiger partial charge in [0.1, 0.15) is 5.75 Å². The zero-order valence-electron chi connectivity index (χ0n) is 8.95. The predicted molar refractivity (Wildman–Crippen MR) is 64.1 cm³/mol. The van der Waals surface area contributed by atoms with Crippen molar-refractivity contribution in [3.63, 3.8) is 0 Å². The molecular formula is C13H10N2O2. The first-order chi connectivity index (χ1) is 8.29. The maximum absolute atomic E-state index is 10.5. The number of hydrogen-bond acceptors (Lipinski definition) is 4. The van der Waals surface area contributed by atoms with Crippen LogP contribution in [0.15, 0.2) is 58.8 Å². The molecule has 2 aromatic carbocycles. The molecule has 0 saturated carbocycles. The third-order valence-corrected chi connectivity index (χ3v) is 2.18. The molecule has 84 valence electrons. The summed E-state index contributed by atoms with van der Waals surface area (Å²) in [6, 6.07) is 13.8. The maximum atomic E-state index is 10.5. The average molecular weight is 226 g/mol. The predicted octanol–water partition coefficient (Wildman–Crippen LogP) is 3.62. The molecule has 0 bridgehead atoms. The molecular weight excluding hydrogens is 216 g/mol. The highest BCUT2D eigenvalue weighted by atomic mass is 16.3. The Balaban J connectivity index is 2.22. The number of carbonyl (C=O) groups excluding carboxylic acids is 1. The number of phenolic OH excluding ortho intramolecular Hbond substituents is 1. The largest absolute Gasteiger partial charge is 0.507 e. The minimum absolute atomic E-state index is 0.0930. The molecule has 2 aromatic rings. The highest BCUT2D eigenvalue weighted by Gasteiger charge is 2.00. The fraction of sp³-hybridized carbons (Fsp3) is 0. The Morgan fingerprint density at radius 3 is 2.29 bits per heavy atom. The Kier molecular flexibility index (Phi) is 3.25. The zero-order valence-corrected chi connectivity index (χ0v) is 8.95. The van der Waals surface area contributed by atoms with Crippen LogP contribution in [0.2, 0.25) is 0 Å². The van der Waals surface area contributed by atoms with Gasteiger partial charge in [0.15, 0.2) is 6.29 Å². The summed E-state index contributed by atoms with van der Waals surface area (Å²) in [5.74, 6) is -0.0930. The highest BCUT2D eigenvalue weighted by Crippen LogP contribution is 2.24. The Hall–Kier alpha value is -2.49. The van der Waals surface area contributed by atoms with E-state index in [-0.39, 0.29) is 11.3 Å². The maximum Gasteiger partial charge on any atom is 0.153 e. The lowest BCUT2D eigenvalue weighted by Crippen LogP contribution is -1.79. The van der Waals surface area contributed by atoms with Crippen molar-refractivity contribution in [1.29, 1.82) is 0 Å². The number of phenols is 1. The molecule has 0 aromatic heterocycles. The molecule has 0 amide bonds. The smallest absolute Gasteiger partial charge is 0.153 e. The van der Waals surface area contributed by atoms with E-state index in [0.29, 0.717) is 12.0 Å². The summed E-state index contributed by atoms with van der Waals surface area (Å²) in [5, 5.41) is 17.4. The second-order valence-electron chi connectivity index (χ2n) is 3.40. The van der Waals surface area contributed by atoms with E-state index < -0.39 is 0 Å². The number of aromatic hydroxyl groups is 1. The van der Waals surface area contributed by atoms with Crippen molar-refractivity contribution in [3.8, 4) is 5.75 Å². The number of nitrogens with zero attached hydrogens (tertiary/aromatic N) is 2. The lowest BCUT2D eigenvalue weighted by atomic mass is 10.2. The molecule has 0 heterocycles. The van der Waals surface area contributed by atoms with E-state index in [9.17, 15) is 9.90 Å². The summed E-state index contributed by atoms with van der Waals surface area (Å²) in [5.41, 5.74) is 1.46. The topological polar surface area (TPSA) is 62.0 Å². The lowest BCUT2D eigenvalue weighted by Gasteiger charge is -1.97. The molecule has 0 radical (unpaired) electrons. The molecule has 17 heavy (non-hydrogen) atoms. The Labute approximate surface area is 98.3 Å². The van der Waals surface area contributed by atoms with Gasteiger partial charge in [0, 0.05) is 6.07 Å². The zero-order chi connectivity index (χ0) is 12.1. The molecule has 0 spiro atoms. The fourth-order valence-electron chi connectivity index (χ4n) is 1.30. The van der Waals surface area contributed by atoms with Gasteiger partial charge in [-0.3, -0.25) is 4.79 Å². The van der Waals surface area contributed by atoms with Crippen molar-refractivity contribution in [2.45, 2.75) is 0 Å². The van der Waals surface area contributed by atoms with Gasteiger partial charge in [-0.25, -0.2) is 0 Å². The van der Waals surface area contributed by atoms with Crippen LogP contribution < -0.4 is 0 Å². The van der Waals surface area contributed by atoms with Crippen molar-refractivity contribution in [1.82, 2.24) is 0 Å². The molecule has 0 aliphatic heterocycles. The summed E-state index contributed by atoms with van der Waals surface area (Å²) in [6.45, 7) is 0. The first-order valence-corrected chi connectivity index (χ1v) is 5.04. The standard InChI is InChI=1S/C13H10N2O2/c16-9-10-6-7-12(8-13(10)17)15-14-11-4-2-1-3-5-11/h1-9,17H. The van der Waals surface area contributed by atoms with Crippen molar-refractivity contribution in [2.75, 3.05) is 0 Å². The van der Waals surface area contributed by atoms with Crippen LogP contribution in [0, 0.1) is 0 Å². The van der Waals surface area contributed by atoms with E-state index in [1.165, 1.54) is 12.1 Å². The van der Waals surface area contributed by atoms with Gasteiger partial charge in [-0.15, -0.1) is 0 Å². The normalized spacial score (nSPS) is 10.6. The van der Waals surface area contributed by atoms with Gasteiger partial charge in [-0.05, 0) is 24.3 Å².